The average molecular weight is 338 g/mol. The Bertz CT molecular complexity index is 862. The lowest BCUT2D eigenvalue weighted by atomic mass is 10.2. The molecule has 0 bridgehead atoms. The van der Waals surface area contributed by atoms with Gasteiger partial charge in [0.1, 0.15) is 22.9 Å². The summed E-state index contributed by atoms with van der Waals surface area (Å²) in [5.74, 6) is 1.92. The molecule has 0 saturated heterocycles. The minimum absolute atomic E-state index is 0.373. The topological polar surface area (TPSA) is 89.3 Å². The maximum absolute atomic E-state index is 12.2. The molecule has 128 valence electrons. The Morgan fingerprint density at radius 2 is 1.96 bits per heavy atom. The van der Waals surface area contributed by atoms with Gasteiger partial charge in [-0.3, -0.25) is 4.98 Å². The van der Waals surface area contributed by atoms with Crippen LogP contribution in [0.4, 0.5) is 16.2 Å². The Hall–Kier alpha value is -3.35. The summed E-state index contributed by atoms with van der Waals surface area (Å²) in [5, 5.41) is 9.41. The van der Waals surface area contributed by atoms with E-state index < -0.39 is 0 Å². The molecule has 0 saturated carbocycles. The third-order valence-corrected chi connectivity index (χ3v) is 3.47. The van der Waals surface area contributed by atoms with Gasteiger partial charge in [-0.05, 0) is 31.2 Å². The third kappa shape index (κ3) is 4.14. The van der Waals surface area contributed by atoms with Crippen LogP contribution in [0.3, 0.4) is 0 Å². The molecule has 2 amide bonds. The van der Waals surface area contributed by atoms with Gasteiger partial charge in [0.15, 0.2) is 5.76 Å². The van der Waals surface area contributed by atoms with E-state index in [9.17, 15) is 4.79 Å². The maximum Gasteiger partial charge on any atom is 0.323 e. The summed E-state index contributed by atoms with van der Waals surface area (Å²) in [6.45, 7) is 3.71. The molecule has 0 fully saturated rings. The van der Waals surface area contributed by atoms with Gasteiger partial charge in [-0.25, -0.2) is 4.79 Å². The lowest BCUT2D eigenvalue weighted by Gasteiger charge is -2.10. The van der Waals surface area contributed by atoms with Crippen LogP contribution in [-0.2, 0) is 6.42 Å². The molecule has 3 aromatic rings. The van der Waals surface area contributed by atoms with Crippen molar-refractivity contribution in [2.24, 2.45) is 0 Å². The summed E-state index contributed by atoms with van der Waals surface area (Å²) in [7, 11) is 0. The molecular formula is C18H18N4O3. The summed E-state index contributed by atoms with van der Waals surface area (Å²) < 4.78 is 10.9. The fourth-order valence-corrected chi connectivity index (χ4v) is 2.27. The first kappa shape index (κ1) is 16.5. The highest BCUT2D eigenvalue weighted by molar-refractivity contribution is 6.00. The van der Waals surface area contributed by atoms with E-state index in [0.717, 1.165) is 0 Å². The molecule has 2 heterocycles. The molecule has 25 heavy (non-hydrogen) atoms. The number of benzene rings is 1. The number of hydrogen-bond acceptors (Lipinski definition) is 5. The maximum atomic E-state index is 12.2. The largest absolute Gasteiger partial charge is 0.457 e. The van der Waals surface area contributed by atoms with Gasteiger partial charge in [-0.1, -0.05) is 18.1 Å². The molecule has 0 spiro atoms. The minimum Gasteiger partial charge on any atom is -0.457 e. The van der Waals surface area contributed by atoms with Crippen molar-refractivity contribution in [3.63, 3.8) is 0 Å². The zero-order valence-corrected chi connectivity index (χ0v) is 13.9. The Labute approximate surface area is 145 Å². The first-order valence-corrected chi connectivity index (χ1v) is 7.87. The van der Waals surface area contributed by atoms with Crippen LogP contribution < -0.4 is 15.4 Å². The van der Waals surface area contributed by atoms with Crippen molar-refractivity contribution >= 4 is 17.4 Å². The van der Waals surface area contributed by atoms with Crippen molar-refractivity contribution in [3.05, 3.63) is 60.2 Å². The lowest BCUT2D eigenvalue weighted by molar-refractivity contribution is 0.262. The highest BCUT2D eigenvalue weighted by Crippen LogP contribution is 2.24. The zero-order valence-electron chi connectivity index (χ0n) is 13.9. The second kappa shape index (κ2) is 7.48. The molecule has 1 aromatic carbocycles. The second-order valence-corrected chi connectivity index (χ2v) is 5.31. The number of aromatic nitrogens is 2. The molecule has 0 aliphatic carbocycles. The molecule has 7 nitrogen and oxygen atoms in total. The number of aryl methyl sites for hydroxylation is 2. The summed E-state index contributed by atoms with van der Waals surface area (Å²) in [5.41, 5.74) is 1.85. The predicted molar refractivity (Wildman–Crippen MR) is 94.0 cm³/mol. The second-order valence-electron chi connectivity index (χ2n) is 5.31. The molecule has 0 atom stereocenters. The number of anilines is 2. The molecule has 0 aliphatic rings. The first-order chi connectivity index (χ1) is 12.2. The lowest BCUT2D eigenvalue weighted by Crippen LogP contribution is -2.20. The van der Waals surface area contributed by atoms with Gasteiger partial charge < -0.3 is 19.9 Å². The standard InChI is InChI=1S/C18H18N4O3/c1-3-16-17(12(2)22-25-16)21-18(23)20-13-5-4-6-15(11-13)24-14-7-9-19-10-8-14/h4-11H,3H2,1-2H3,(H2,20,21,23). The van der Waals surface area contributed by atoms with E-state index in [1.165, 1.54) is 0 Å². The van der Waals surface area contributed by atoms with Crippen molar-refractivity contribution < 1.29 is 14.1 Å². The molecule has 2 N–H and O–H groups in total. The molecule has 7 heteroatoms. The van der Waals surface area contributed by atoms with E-state index in [2.05, 4.69) is 20.8 Å². The highest BCUT2D eigenvalue weighted by atomic mass is 16.5. The Morgan fingerprint density at radius 1 is 1.16 bits per heavy atom. The highest BCUT2D eigenvalue weighted by Gasteiger charge is 2.14. The van der Waals surface area contributed by atoms with Crippen molar-refractivity contribution in [1.82, 2.24) is 10.1 Å². The summed E-state index contributed by atoms with van der Waals surface area (Å²) in [6, 6.07) is 10.3. The van der Waals surface area contributed by atoms with Crippen molar-refractivity contribution in [2.45, 2.75) is 20.3 Å². The molecular weight excluding hydrogens is 320 g/mol. The van der Waals surface area contributed by atoms with Gasteiger partial charge in [0.05, 0.1) is 0 Å². The van der Waals surface area contributed by atoms with Gasteiger partial charge in [0, 0.05) is 30.6 Å². The van der Waals surface area contributed by atoms with E-state index >= 15 is 0 Å². The van der Waals surface area contributed by atoms with Gasteiger partial charge in [0.2, 0.25) is 0 Å². The summed E-state index contributed by atoms with van der Waals surface area (Å²) in [6.07, 6.45) is 3.95. The number of carbonyl (C=O) groups is 1. The quantitative estimate of drug-likeness (QED) is 0.721. The predicted octanol–water partition coefficient (Wildman–Crippen LogP) is 4.38. The van der Waals surface area contributed by atoms with Crippen LogP contribution in [0.15, 0.2) is 53.3 Å². The summed E-state index contributed by atoms with van der Waals surface area (Å²) >= 11 is 0. The smallest absolute Gasteiger partial charge is 0.323 e. The summed E-state index contributed by atoms with van der Waals surface area (Å²) in [4.78, 5) is 16.2. The Kier molecular flexibility index (Phi) is 4.94. The van der Waals surface area contributed by atoms with Crippen LogP contribution in [0.2, 0.25) is 0 Å². The number of nitrogens with one attached hydrogen (secondary N) is 2. The van der Waals surface area contributed by atoms with Crippen LogP contribution in [-0.4, -0.2) is 16.2 Å². The van der Waals surface area contributed by atoms with E-state index in [0.29, 0.717) is 40.7 Å². The van der Waals surface area contributed by atoms with Crippen molar-refractivity contribution in [1.29, 1.82) is 0 Å². The number of carbonyl (C=O) groups excluding carboxylic acids is 1. The van der Waals surface area contributed by atoms with Crippen LogP contribution in [0, 0.1) is 6.92 Å². The van der Waals surface area contributed by atoms with E-state index in [4.69, 9.17) is 9.26 Å². The number of ether oxygens (including phenoxy) is 1. The van der Waals surface area contributed by atoms with Gasteiger partial charge >= 0.3 is 6.03 Å². The molecule has 0 unspecified atom stereocenters. The molecule has 0 aliphatic heterocycles. The Balaban J connectivity index is 1.67. The number of amides is 2. The van der Waals surface area contributed by atoms with Crippen LogP contribution >= 0.6 is 0 Å². The minimum atomic E-state index is -0.373. The van der Waals surface area contributed by atoms with Crippen molar-refractivity contribution in [2.75, 3.05) is 10.6 Å². The van der Waals surface area contributed by atoms with E-state index in [1.54, 1.807) is 49.6 Å². The average Bonchev–Trinajstić information content (AvgIpc) is 2.96. The number of hydrogen-bond donors (Lipinski definition) is 2. The van der Waals surface area contributed by atoms with Crippen molar-refractivity contribution in [3.8, 4) is 11.5 Å². The van der Waals surface area contributed by atoms with Crippen LogP contribution in [0.25, 0.3) is 0 Å². The van der Waals surface area contributed by atoms with E-state index in [1.807, 2.05) is 13.0 Å². The fraction of sp³-hybridized carbons (Fsp3) is 0.167. The van der Waals surface area contributed by atoms with Gasteiger partial charge in [-0.15, -0.1) is 0 Å². The molecule has 0 radical (unpaired) electrons. The monoisotopic (exact) mass is 338 g/mol. The first-order valence-electron chi connectivity index (χ1n) is 7.87. The number of rotatable bonds is 5. The van der Waals surface area contributed by atoms with Gasteiger partial charge in [-0.2, -0.15) is 0 Å². The number of urea groups is 1. The van der Waals surface area contributed by atoms with Crippen LogP contribution in [0.5, 0.6) is 11.5 Å². The van der Waals surface area contributed by atoms with E-state index in [-0.39, 0.29) is 6.03 Å². The Morgan fingerprint density at radius 3 is 2.72 bits per heavy atom. The zero-order chi connectivity index (χ0) is 17.6. The van der Waals surface area contributed by atoms with Gasteiger partial charge in [0.25, 0.3) is 0 Å². The third-order valence-electron chi connectivity index (χ3n) is 3.47. The van der Waals surface area contributed by atoms with Crippen LogP contribution in [0.1, 0.15) is 18.4 Å². The SMILES string of the molecule is CCc1onc(C)c1NC(=O)Nc1cccc(Oc2ccncc2)c1. The normalized spacial score (nSPS) is 10.3. The molecule has 3 rings (SSSR count). The molecule has 2 aromatic heterocycles. The number of nitrogens with zero attached hydrogens (tertiary/aromatic N) is 2. The number of pyridine rings is 1. The fourth-order valence-electron chi connectivity index (χ4n) is 2.27.